The Labute approximate surface area is 169 Å². The van der Waals surface area contributed by atoms with Crippen molar-refractivity contribution < 1.29 is 21.6 Å². The molecule has 0 atom stereocenters. The second-order valence-electron chi connectivity index (χ2n) is 6.37. The fourth-order valence-corrected chi connectivity index (χ4v) is 5.73. The molecule has 1 aromatic carbocycles. The predicted octanol–water partition coefficient (Wildman–Crippen LogP) is 5.49. The highest BCUT2D eigenvalue weighted by atomic mass is 32.2. The largest absolute Gasteiger partial charge is 0.416 e. The van der Waals surface area contributed by atoms with E-state index >= 15 is 0 Å². The van der Waals surface area contributed by atoms with Gasteiger partial charge in [0.05, 0.1) is 16.1 Å². The molecule has 0 bridgehead atoms. The van der Waals surface area contributed by atoms with Crippen LogP contribution < -0.4 is 4.72 Å². The Morgan fingerprint density at radius 1 is 1.11 bits per heavy atom. The van der Waals surface area contributed by atoms with Crippen molar-refractivity contribution in [3.63, 3.8) is 0 Å². The smallest absolute Gasteiger partial charge is 0.240 e. The number of thiophene rings is 1. The van der Waals surface area contributed by atoms with E-state index < -0.39 is 21.8 Å². The lowest BCUT2D eigenvalue weighted by atomic mass is 10.1. The molecule has 150 valence electrons. The number of sulfonamides is 1. The maximum absolute atomic E-state index is 12.6. The van der Waals surface area contributed by atoms with Gasteiger partial charge >= 0.3 is 6.18 Å². The van der Waals surface area contributed by atoms with Crippen LogP contribution in [0.25, 0.3) is 9.88 Å². The zero-order valence-corrected chi connectivity index (χ0v) is 17.4. The van der Waals surface area contributed by atoms with Crippen LogP contribution in [0.15, 0.2) is 46.0 Å². The number of alkyl halides is 3. The summed E-state index contributed by atoms with van der Waals surface area (Å²) in [6.07, 6.45) is -4.42. The molecule has 10 heteroatoms. The predicted molar refractivity (Wildman–Crippen MR) is 105 cm³/mol. The lowest BCUT2D eigenvalue weighted by Gasteiger charge is -2.08. The summed E-state index contributed by atoms with van der Waals surface area (Å²) in [5.41, 5.74) is 0.624. The second-order valence-corrected chi connectivity index (χ2v) is 10.3. The van der Waals surface area contributed by atoms with Crippen molar-refractivity contribution in [1.29, 1.82) is 0 Å². The number of hydrogen-bond acceptors (Lipinski definition) is 5. The number of aromatic nitrogens is 1. The molecule has 3 aromatic rings. The van der Waals surface area contributed by atoms with Crippen LogP contribution in [0.1, 0.15) is 36.6 Å². The molecule has 0 radical (unpaired) electrons. The summed E-state index contributed by atoms with van der Waals surface area (Å²) in [7, 11) is -3.77. The van der Waals surface area contributed by atoms with Crippen LogP contribution in [0.3, 0.4) is 0 Å². The molecule has 0 aliphatic carbocycles. The van der Waals surface area contributed by atoms with Crippen molar-refractivity contribution in [2.45, 2.75) is 36.7 Å². The summed E-state index contributed by atoms with van der Waals surface area (Å²) in [6, 6.07) is 7.59. The fraction of sp³-hybridized carbons (Fsp3) is 0.278. The van der Waals surface area contributed by atoms with Gasteiger partial charge in [-0.25, -0.2) is 18.1 Å². The molecule has 0 saturated heterocycles. The third kappa shape index (κ3) is 4.80. The molecule has 1 N–H and O–H groups in total. The molecule has 0 spiro atoms. The van der Waals surface area contributed by atoms with Crippen LogP contribution in [0.2, 0.25) is 0 Å². The van der Waals surface area contributed by atoms with E-state index in [1.54, 1.807) is 6.07 Å². The van der Waals surface area contributed by atoms with Crippen molar-refractivity contribution in [3.05, 3.63) is 58.6 Å². The van der Waals surface area contributed by atoms with E-state index in [1.165, 1.54) is 29.5 Å². The van der Waals surface area contributed by atoms with E-state index in [-0.39, 0.29) is 10.8 Å². The van der Waals surface area contributed by atoms with Gasteiger partial charge in [-0.3, -0.25) is 0 Å². The molecule has 0 unspecified atom stereocenters. The number of rotatable bonds is 6. The zero-order valence-electron chi connectivity index (χ0n) is 14.9. The highest BCUT2D eigenvalue weighted by Crippen LogP contribution is 2.34. The van der Waals surface area contributed by atoms with Crippen molar-refractivity contribution in [2.24, 2.45) is 0 Å². The first-order valence-electron chi connectivity index (χ1n) is 8.28. The number of hydrogen-bond donors (Lipinski definition) is 1. The maximum atomic E-state index is 12.6. The van der Waals surface area contributed by atoms with Gasteiger partial charge in [0.2, 0.25) is 10.0 Å². The normalized spacial score (nSPS) is 12.6. The van der Waals surface area contributed by atoms with E-state index in [1.807, 2.05) is 19.2 Å². The van der Waals surface area contributed by atoms with E-state index in [9.17, 15) is 21.6 Å². The SMILES string of the molecule is CC(C)c1csc(-c2ccc(S(=O)(=O)NCc3ccc(C(F)(F)F)cc3)s2)n1. The van der Waals surface area contributed by atoms with Crippen LogP contribution in [0.5, 0.6) is 0 Å². The molecular formula is C18H17F3N2O2S3. The Morgan fingerprint density at radius 2 is 1.79 bits per heavy atom. The third-order valence-electron chi connectivity index (χ3n) is 3.92. The minimum absolute atomic E-state index is 0.0948. The number of nitrogens with one attached hydrogen (secondary N) is 1. The zero-order chi connectivity index (χ0) is 20.5. The van der Waals surface area contributed by atoms with Crippen LogP contribution in [-0.4, -0.2) is 13.4 Å². The molecule has 2 heterocycles. The Morgan fingerprint density at radius 3 is 2.36 bits per heavy atom. The summed E-state index contributed by atoms with van der Waals surface area (Å²) in [5, 5.41) is 2.72. The molecule has 0 aliphatic heterocycles. The number of nitrogens with zero attached hydrogens (tertiary/aromatic N) is 1. The van der Waals surface area contributed by atoms with Crippen LogP contribution in [0, 0.1) is 0 Å². The van der Waals surface area contributed by atoms with Crippen molar-refractivity contribution >= 4 is 32.7 Å². The third-order valence-corrected chi connectivity index (χ3v) is 7.93. The van der Waals surface area contributed by atoms with Gasteiger partial charge in [0.25, 0.3) is 0 Å². The average molecular weight is 447 g/mol. The van der Waals surface area contributed by atoms with Gasteiger partial charge in [-0.15, -0.1) is 22.7 Å². The Balaban J connectivity index is 1.70. The molecule has 28 heavy (non-hydrogen) atoms. The monoisotopic (exact) mass is 446 g/mol. The van der Waals surface area contributed by atoms with Crippen molar-refractivity contribution in [2.75, 3.05) is 0 Å². The molecule has 0 saturated carbocycles. The molecule has 0 aliphatic rings. The van der Waals surface area contributed by atoms with E-state index in [2.05, 4.69) is 9.71 Å². The molecule has 4 nitrogen and oxygen atoms in total. The summed E-state index contributed by atoms with van der Waals surface area (Å²) in [4.78, 5) is 5.28. The van der Waals surface area contributed by atoms with Gasteiger partial charge in [0.15, 0.2) is 0 Å². The van der Waals surface area contributed by atoms with Gasteiger partial charge in [-0.1, -0.05) is 26.0 Å². The Bertz CT molecular complexity index is 1050. The van der Waals surface area contributed by atoms with Crippen LogP contribution in [0.4, 0.5) is 13.2 Å². The molecule has 0 fully saturated rings. The van der Waals surface area contributed by atoms with Gasteiger partial charge in [0.1, 0.15) is 9.22 Å². The first-order valence-corrected chi connectivity index (χ1v) is 11.5. The second kappa shape index (κ2) is 7.94. The summed E-state index contributed by atoms with van der Waals surface area (Å²) in [5.74, 6) is 0.290. The van der Waals surface area contributed by atoms with Gasteiger partial charge in [-0.05, 0) is 35.7 Å². The minimum atomic E-state index is -4.42. The van der Waals surface area contributed by atoms with E-state index in [4.69, 9.17) is 0 Å². The number of halogens is 3. The topological polar surface area (TPSA) is 59.1 Å². The lowest BCUT2D eigenvalue weighted by molar-refractivity contribution is -0.137. The average Bonchev–Trinajstić information content (AvgIpc) is 3.29. The molecule has 2 aromatic heterocycles. The van der Waals surface area contributed by atoms with E-state index in [0.717, 1.165) is 39.0 Å². The molecule has 3 rings (SSSR count). The first kappa shape index (κ1) is 21.0. The summed E-state index contributed by atoms with van der Waals surface area (Å²) in [6.45, 7) is 3.98. The Kier molecular flexibility index (Phi) is 5.95. The quantitative estimate of drug-likeness (QED) is 0.545. The van der Waals surface area contributed by atoms with Gasteiger partial charge in [0, 0.05) is 11.9 Å². The van der Waals surface area contributed by atoms with Gasteiger partial charge < -0.3 is 0 Å². The Hall–Kier alpha value is -1.75. The minimum Gasteiger partial charge on any atom is -0.240 e. The van der Waals surface area contributed by atoms with Crippen molar-refractivity contribution in [3.8, 4) is 9.88 Å². The molecular weight excluding hydrogens is 429 g/mol. The van der Waals surface area contributed by atoms with Gasteiger partial charge in [-0.2, -0.15) is 13.2 Å². The first-order chi connectivity index (χ1) is 13.1. The maximum Gasteiger partial charge on any atom is 0.416 e. The number of benzene rings is 1. The van der Waals surface area contributed by atoms with Crippen LogP contribution >= 0.6 is 22.7 Å². The summed E-state index contributed by atoms with van der Waals surface area (Å²) < 4.78 is 65.3. The highest BCUT2D eigenvalue weighted by molar-refractivity contribution is 7.91. The van der Waals surface area contributed by atoms with Crippen molar-refractivity contribution in [1.82, 2.24) is 9.71 Å². The van der Waals surface area contributed by atoms with Crippen LogP contribution in [-0.2, 0) is 22.7 Å². The van der Waals surface area contributed by atoms with E-state index in [0.29, 0.717) is 11.5 Å². The highest BCUT2D eigenvalue weighted by Gasteiger charge is 2.30. The summed E-state index contributed by atoms with van der Waals surface area (Å²) >= 11 is 2.57. The number of thiazole rings is 1. The fourth-order valence-electron chi connectivity index (χ4n) is 2.31. The lowest BCUT2D eigenvalue weighted by Crippen LogP contribution is -2.22. The standard InChI is InChI=1S/C18H17F3N2O2S3/c1-11(2)14-10-26-17(23-14)15-7-8-16(27-15)28(24,25)22-9-12-3-5-13(6-4-12)18(19,20)21/h3-8,10-11,22H,9H2,1-2H3. The molecule has 0 amide bonds.